The van der Waals surface area contributed by atoms with Gasteiger partial charge < -0.3 is 15.5 Å². The van der Waals surface area contributed by atoms with Crippen molar-refractivity contribution in [2.75, 3.05) is 28.8 Å². The molecule has 1 unspecified atom stereocenters. The Labute approximate surface area is 195 Å². The summed E-state index contributed by atoms with van der Waals surface area (Å²) in [6.07, 6.45) is 3.14. The molecule has 3 rings (SSSR count). The highest BCUT2D eigenvalue weighted by molar-refractivity contribution is 7.98. The van der Waals surface area contributed by atoms with Crippen LogP contribution in [-0.2, 0) is 16.0 Å². The lowest BCUT2D eigenvalue weighted by Crippen LogP contribution is -2.44. The van der Waals surface area contributed by atoms with Gasteiger partial charge in [-0.3, -0.25) is 14.4 Å². The Kier molecular flexibility index (Phi) is 7.86. The molecule has 0 aromatic heterocycles. The maximum Gasteiger partial charge on any atom is 0.253 e. The van der Waals surface area contributed by atoms with Crippen molar-refractivity contribution in [3.63, 3.8) is 0 Å². The summed E-state index contributed by atoms with van der Waals surface area (Å²) in [6, 6.07) is 9.35. The first-order valence-electron chi connectivity index (χ1n) is 9.77. The number of halogens is 2. The summed E-state index contributed by atoms with van der Waals surface area (Å²) in [5.74, 6) is -0.0520. The standard InChI is InChI=1S/C22H23Cl2N3O3S/c1-13(28)27-9-7-14-11-16(4-6-20(14)27)25-22(30)19(8-10-31-2)26-21(29)17-5-3-15(23)12-18(17)24/h3-6,11-12,19H,7-10H2,1-2H3,(H,25,30)(H,26,29). The van der Waals surface area contributed by atoms with Crippen molar-refractivity contribution in [1.82, 2.24) is 5.32 Å². The molecule has 0 spiro atoms. The van der Waals surface area contributed by atoms with E-state index in [9.17, 15) is 14.4 Å². The SMILES string of the molecule is CSCCC(NC(=O)c1ccc(Cl)cc1Cl)C(=O)Nc1ccc2c(c1)CCN2C(C)=O. The number of benzene rings is 2. The normalized spacial score (nSPS) is 13.5. The number of nitrogens with one attached hydrogen (secondary N) is 2. The number of hydrogen-bond acceptors (Lipinski definition) is 4. The zero-order chi connectivity index (χ0) is 22.5. The van der Waals surface area contributed by atoms with Crippen LogP contribution in [0.5, 0.6) is 0 Å². The summed E-state index contributed by atoms with van der Waals surface area (Å²) < 4.78 is 0. The van der Waals surface area contributed by atoms with Crippen molar-refractivity contribution < 1.29 is 14.4 Å². The zero-order valence-electron chi connectivity index (χ0n) is 17.2. The fourth-order valence-corrected chi connectivity index (χ4v) is 4.42. The Bertz CT molecular complexity index is 1020. The largest absolute Gasteiger partial charge is 0.340 e. The second-order valence-electron chi connectivity index (χ2n) is 7.19. The quantitative estimate of drug-likeness (QED) is 0.616. The molecule has 164 valence electrons. The van der Waals surface area contributed by atoms with Crippen molar-refractivity contribution in [1.29, 1.82) is 0 Å². The summed E-state index contributed by atoms with van der Waals surface area (Å²) in [5.41, 5.74) is 2.76. The molecule has 6 nitrogen and oxygen atoms in total. The molecule has 3 amide bonds. The molecule has 31 heavy (non-hydrogen) atoms. The van der Waals surface area contributed by atoms with Crippen LogP contribution in [0.2, 0.25) is 10.0 Å². The predicted molar refractivity (Wildman–Crippen MR) is 128 cm³/mol. The molecule has 1 heterocycles. The lowest BCUT2D eigenvalue weighted by Gasteiger charge is -2.19. The van der Waals surface area contributed by atoms with E-state index in [0.717, 1.165) is 17.7 Å². The van der Waals surface area contributed by atoms with Crippen molar-refractivity contribution in [2.45, 2.75) is 25.8 Å². The molecule has 0 saturated heterocycles. The van der Waals surface area contributed by atoms with E-state index in [2.05, 4.69) is 10.6 Å². The average molecular weight is 480 g/mol. The van der Waals surface area contributed by atoms with Gasteiger partial charge in [0.05, 0.1) is 10.6 Å². The lowest BCUT2D eigenvalue weighted by molar-refractivity contribution is -0.118. The first kappa shape index (κ1) is 23.4. The molecule has 2 N–H and O–H groups in total. The molecule has 1 aliphatic rings. The molecule has 0 radical (unpaired) electrons. The molecule has 9 heteroatoms. The molecule has 2 aromatic rings. The maximum absolute atomic E-state index is 12.9. The van der Waals surface area contributed by atoms with E-state index in [1.54, 1.807) is 28.8 Å². The highest BCUT2D eigenvalue weighted by Crippen LogP contribution is 2.30. The van der Waals surface area contributed by atoms with E-state index in [0.29, 0.717) is 29.4 Å². The monoisotopic (exact) mass is 479 g/mol. The van der Waals surface area contributed by atoms with Crippen LogP contribution in [0.4, 0.5) is 11.4 Å². The first-order valence-corrected chi connectivity index (χ1v) is 11.9. The number of carbonyl (C=O) groups is 3. The van der Waals surface area contributed by atoms with Gasteiger partial charge in [0, 0.05) is 29.9 Å². The van der Waals surface area contributed by atoms with Crippen LogP contribution in [0.25, 0.3) is 0 Å². The van der Waals surface area contributed by atoms with Gasteiger partial charge in [-0.2, -0.15) is 11.8 Å². The van der Waals surface area contributed by atoms with Gasteiger partial charge in [-0.15, -0.1) is 0 Å². The molecule has 0 saturated carbocycles. The van der Waals surface area contributed by atoms with Crippen LogP contribution in [0.3, 0.4) is 0 Å². The molecule has 1 atom stereocenters. The average Bonchev–Trinajstić information content (AvgIpc) is 3.14. The smallest absolute Gasteiger partial charge is 0.253 e. The third-order valence-electron chi connectivity index (χ3n) is 5.03. The number of anilines is 2. The van der Waals surface area contributed by atoms with E-state index >= 15 is 0 Å². The van der Waals surface area contributed by atoms with Gasteiger partial charge >= 0.3 is 0 Å². The van der Waals surface area contributed by atoms with Crippen LogP contribution >= 0.6 is 35.0 Å². The first-order chi connectivity index (χ1) is 14.8. The summed E-state index contributed by atoms with van der Waals surface area (Å²) in [4.78, 5) is 39.1. The van der Waals surface area contributed by atoms with Crippen molar-refractivity contribution in [3.05, 3.63) is 57.6 Å². The Balaban J connectivity index is 1.73. The fraction of sp³-hybridized carbons (Fsp3) is 0.318. The third kappa shape index (κ3) is 5.73. The maximum atomic E-state index is 12.9. The van der Waals surface area contributed by atoms with Gasteiger partial charge in [0.15, 0.2) is 0 Å². The van der Waals surface area contributed by atoms with Gasteiger partial charge in [0.2, 0.25) is 11.8 Å². The van der Waals surface area contributed by atoms with E-state index < -0.39 is 11.9 Å². The molecule has 2 aromatic carbocycles. The van der Waals surface area contributed by atoms with Crippen LogP contribution in [-0.4, -0.2) is 42.3 Å². The highest BCUT2D eigenvalue weighted by Gasteiger charge is 2.25. The van der Waals surface area contributed by atoms with Gasteiger partial charge in [0.1, 0.15) is 6.04 Å². The number of hydrogen-bond donors (Lipinski definition) is 2. The number of rotatable bonds is 7. The van der Waals surface area contributed by atoms with Gasteiger partial charge in [0.25, 0.3) is 5.91 Å². The van der Waals surface area contributed by atoms with Crippen molar-refractivity contribution in [2.24, 2.45) is 0 Å². The summed E-state index contributed by atoms with van der Waals surface area (Å²) >= 11 is 13.6. The predicted octanol–water partition coefficient (Wildman–Crippen LogP) is 4.39. The molecule has 0 fully saturated rings. The molecule has 0 aliphatic carbocycles. The topological polar surface area (TPSA) is 78.5 Å². The minimum atomic E-state index is -0.728. The van der Waals surface area contributed by atoms with Crippen LogP contribution in [0.15, 0.2) is 36.4 Å². The second-order valence-corrected chi connectivity index (χ2v) is 9.01. The summed E-state index contributed by atoms with van der Waals surface area (Å²) in [7, 11) is 0. The fourth-order valence-electron chi connectivity index (χ4n) is 3.45. The Hall–Kier alpha value is -2.22. The number of amides is 3. The van der Waals surface area contributed by atoms with Crippen LogP contribution in [0, 0.1) is 0 Å². The van der Waals surface area contributed by atoms with E-state index in [4.69, 9.17) is 23.2 Å². The number of nitrogens with zero attached hydrogens (tertiary/aromatic N) is 1. The van der Waals surface area contributed by atoms with E-state index in [1.165, 1.54) is 19.1 Å². The number of carbonyl (C=O) groups excluding carboxylic acids is 3. The molecule has 1 aliphatic heterocycles. The van der Waals surface area contributed by atoms with Crippen molar-refractivity contribution in [3.8, 4) is 0 Å². The van der Waals surface area contributed by atoms with Gasteiger partial charge in [-0.25, -0.2) is 0 Å². The zero-order valence-corrected chi connectivity index (χ0v) is 19.5. The minimum Gasteiger partial charge on any atom is -0.340 e. The Morgan fingerprint density at radius 3 is 2.61 bits per heavy atom. The van der Waals surface area contributed by atoms with Gasteiger partial charge in [-0.05, 0) is 66.8 Å². The highest BCUT2D eigenvalue weighted by atomic mass is 35.5. The van der Waals surface area contributed by atoms with E-state index in [-0.39, 0.29) is 22.4 Å². The van der Waals surface area contributed by atoms with Crippen molar-refractivity contribution >= 4 is 64.1 Å². The summed E-state index contributed by atoms with van der Waals surface area (Å²) in [5, 5.41) is 6.32. The van der Waals surface area contributed by atoms with Crippen LogP contribution in [0.1, 0.15) is 29.3 Å². The summed E-state index contributed by atoms with van der Waals surface area (Å²) in [6.45, 7) is 2.17. The van der Waals surface area contributed by atoms with E-state index in [1.807, 2.05) is 18.4 Å². The molecule has 0 bridgehead atoms. The number of thioether (sulfide) groups is 1. The molecular weight excluding hydrogens is 457 g/mol. The lowest BCUT2D eigenvalue weighted by atomic mass is 10.1. The second kappa shape index (κ2) is 10.4. The molecular formula is C22H23Cl2N3O3S. The number of fused-ring (bicyclic) bond motifs is 1. The van der Waals surface area contributed by atoms with Gasteiger partial charge in [-0.1, -0.05) is 23.2 Å². The minimum absolute atomic E-state index is 0.00348. The third-order valence-corrected chi connectivity index (χ3v) is 6.22. The Morgan fingerprint density at radius 1 is 1.16 bits per heavy atom. The Morgan fingerprint density at radius 2 is 1.94 bits per heavy atom. The van der Waals surface area contributed by atoms with Crippen LogP contribution < -0.4 is 15.5 Å².